The van der Waals surface area contributed by atoms with Crippen molar-refractivity contribution >= 4 is 27.3 Å². The van der Waals surface area contributed by atoms with Crippen LogP contribution in [0.4, 0.5) is 11.4 Å². The summed E-state index contributed by atoms with van der Waals surface area (Å²) in [4.78, 5) is 13.2. The molecule has 2 atom stereocenters. The maximum absolute atomic E-state index is 11.2. The highest BCUT2D eigenvalue weighted by atomic mass is 79.9. The predicted molar refractivity (Wildman–Crippen MR) is 77.3 cm³/mol. The van der Waals surface area contributed by atoms with Crippen molar-refractivity contribution in [1.29, 1.82) is 0 Å². The minimum Gasteiger partial charge on any atom is -0.360 e. The molecule has 19 heavy (non-hydrogen) atoms. The van der Waals surface area contributed by atoms with Gasteiger partial charge in [-0.15, -0.1) is 0 Å². The molecule has 0 saturated carbocycles. The monoisotopic (exact) mass is 325 g/mol. The molecule has 2 aliphatic rings. The number of halogens is 1. The first-order chi connectivity index (χ1) is 9.06. The van der Waals surface area contributed by atoms with Crippen LogP contribution in [0.25, 0.3) is 0 Å². The molecular formula is C13H16BrN3O2. The van der Waals surface area contributed by atoms with Crippen LogP contribution in [0.15, 0.2) is 22.7 Å². The highest BCUT2D eigenvalue weighted by Gasteiger charge is 2.41. The number of nitro benzene ring substituents is 1. The second kappa shape index (κ2) is 4.76. The van der Waals surface area contributed by atoms with Gasteiger partial charge in [0, 0.05) is 28.7 Å². The van der Waals surface area contributed by atoms with Gasteiger partial charge in [0.05, 0.1) is 4.92 Å². The van der Waals surface area contributed by atoms with Crippen LogP contribution in [-0.4, -0.2) is 23.0 Å². The first-order valence-corrected chi connectivity index (χ1v) is 7.33. The van der Waals surface area contributed by atoms with E-state index >= 15 is 0 Å². The predicted octanol–water partition coefficient (Wildman–Crippen LogP) is 2.82. The minimum atomic E-state index is -0.298. The van der Waals surface area contributed by atoms with Crippen molar-refractivity contribution in [2.24, 2.45) is 5.73 Å². The van der Waals surface area contributed by atoms with Crippen molar-refractivity contribution in [3.05, 3.63) is 32.8 Å². The molecule has 0 aliphatic carbocycles. The van der Waals surface area contributed by atoms with Crippen LogP contribution in [0.1, 0.15) is 25.7 Å². The van der Waals surface area contributed by atoms with Crippen molar-refractivity contribution in [3.63, 3.8) is 0 Å². The number of nitrogens with two attached hydrogens (primary N) is 1. The third kappa shape index (κ3) is 2.23. The molecule has 1 aromatic rings. The average Bonchev–Trinajstić information content (AvgIpc) is 2.62. The van der Waals surface area contributed by atoms with E-state index in [0.29, 0.717) is 12.1 Å². The summed E-state index contributed by atoms with van der Waals surface area (Å²) >= 11 is 3.30. The molecule has 3 rings (SSSR count). The van der Waals surface area contributed by atoms with E-state index < -0.39 is 0 Å². The van der Waals surface area contributed by atoms with Gasteiger partial charge in [0.1, 0.15) is 5.69 Å². The fourth-order valence-corrected chi connectivity index (χ4v) is 3.82. The smallest absolute Gasteiger partial charge is 0.293 e. The zero-order chi connectivity index (χ0) is 13.6. The fraction of sp³-hybridized carbons (Fsp3) is 0.538. The van der Waals surface area contributed by atoms with Gasteiger partial charge >= 0.3 is 0 Å². The van der Waals surface area contributed by atoms with Crippen molar-refractivity contribution in [2.75, 3.05) is 4.90 Å². The average molecular weight is 326 g/mol. The Morgan fingerprint density at radius 1 is 1.32 bits per heavy atom. The molecule has 5 nitrogen and oxygen atoms in total. The van der Waals surface area contributed by atoms with Crippen LogP contribution in [0.2, 0.25) is 0 Å². The van der Waals surface area contributed by atoms with Gasteiger partial charge in [-0.2, -0.15) is 0 Å². The van der Waals surface area contributed by atoms with Gasteiger partial charge in [0.25, 0.3) is 5.69 Å². The summed E-state index contributed by atoms with van der Waals surface area (Å²) in [6, 6.07) is 6.26. The molecule has 0 aromatic heterocycles. The molecule has 0 spiro atoms. The van der Waals surface area contributed by atoms with Crippen LogP contribution < -0.4 is 10.6 Å². The quantitative estimate of drug-likeness (QED) is 0.670. The van der Waals surface area contributed by atoms with E-state index in [9.17, 15) is 10.1 Å². The zero-order valence-corrected chi connectivity index (χ0v) is 12.0. The van der Waals surface area contributed by atoms with Gasteiger partial charge in [0.2, 0.25) is 0 Å². The van der Waals surface area contributed by atoms with Gasteiger partial charge in [-0.1, -0.05) is 15.9 Å². The van der Waals surface area contributed by atoms with Crippen LogP contribution in [0.3, 0.4) is 0 Å². The van der Waals surface area contributed by atoms with Crippen molar-refractivity contribution < 1.29 is 4.92 Å². The van der Waals surface area contributed by atoms with E-state index in [-0.39, 0.29) is 16.7 Å². The van der Waals surface area contributed by atoms with Crippen LogP contribution in [-0.2, 0) is 0 Å². The molecule has 2 aliphatic heterocycles. The molecule has 102 valence electrons. The number of nitro groups is 1. The normalized spacial score (nSPS) is 29.6. The third-order valence-corrected chi connectivity index (χ3v) is 4.68. The van der Waals surface area contributed by atoms with E-state index in [4.69, 9.17) is 5.73 Å². The number of hydrogen-bond acceptors (Lipinski definition) is 4. The first kappa shape index (κ1) is 12.9. The Hall–Kier alpha value is -1.14. The van der Waals surface area contributed by atoms with Gasteiger partial charge in [-0.25, -0.2) is 0 Å². The number of fused-ring (bicyclic) bond motifs is 2. The minimum absolute atomic E-state index is 0.182. The molecule has 6 heteroatoms. The van der Waals surface area contributed by atoms with Crippen LogP contribution in [0, 0.1) is 10.1 Å². The van der Waals surface area contributed by atoms with Crippen LogP contribution in [0.5, 0.6) is 0 Å². The van der Waals surface area contributed by atoms with Crippen molar-refractivity contribution in [3.8, 4) is 0 Å². The Labute approximate surface area is 120 Å². The number of nitrogens with zero attached hydrogens (tertiary/aromatic N) is 2. The number of benzene rings is 1. The summed E-state index contributed by atoms with van der Waals surface area (Å²) in [5, 5.41) is 11.2. The lowest BCUT2D eigenvalue weighted by Crippen LogP contribution is -2.47. The Kier molecular flexibility index (Phi) is 3.22. The molecule has 1 aromatic carbocycles. The molecule has 2 N–H and O–H groups in total. The summed E-state index contributed by atoms with van der Waals surface area (Å²) in [5.41, 5.74) is 6.98. The Balaban J connectivity index is 2.01. The summed E-state index contributed by atoms with van der Waals surface area (Å²) in [7, 11) is 0. The van der Waals surface area contributed by atoms with Crippen LogP contribution >= 0.6 is 15.9 Å². The largest absolute Gasteiger partial charge is 0.360 e. The number of anilines is 1. The van der Waals surface area contributed by atoms with Gasteiger partial charge in [0.15, 0.2) is 0 Å². The van der Waals surface area contributed by atoms with E-state index in [2.05, 4.69) is 20.8 Å². The number of hydrogen-bond donors (Lipinski definition) is 1. The molecule has 2 heterocycles. The molecule has 2 fully saturated rings. The summed E-state index contributed by atoms with van der Waals surface area (Å²) in [5.74, 6) is 0. The molecule has 0 radical (unpaired) electrons. The highest BCUT2D eigenvalue weighted by Crippen LogP contribution is 2.43. The van der Waals surface area contributed by atoms with Gasteiger partial charge < -0.3 is 10.6 Å². The maximum Gasteiger partial charge on any atom is 0.293 e. The van der Waals surface area contributed by atoms with E-state index in [0.717, 1.165) is 35.8 Å². The van der Waals surface area contributed by atoms with Crippen molar-refractivity contribution in [1.82, 2.24) is 0 Å². The van der Waals surface area contributed by atoms with E-state index in [1.807, 2.05) is 12.1 Å². The maximum atomic E-state index is 11.2. The second-order valence-corrected chi connectivity index (χ2v) is 6.33. The Morgan fingerprint density at radius 3 is 2.53 bits per heavy atom. The molecule has 2 saturated heterocycles. The molecular weight excluding hydrogens is 310 g/mol. The van der Waals surface area contributed by atoms with Crippen molar-refractivity contribution in [2.45, 2.75) is 43.8 Å². The van der Waals surface area contributed by atoms with Gasteiger partial charge in [-0.3, -0.25) is 10.1 Å². The topological polar surface area (TPSA) is 72.4 Å². The SMILES string of the molecule is NC1CC2CCC(C1)N2c1ccc(Br)cc1[N+](=O)[O-]. The Morgan fingerprint density at radius 2 is 1.95 bits per heavy atom. The molecule has 2 bridgehead atoms. The lowest BCUT2D eigenvalue weighted by atomic mass is 9.97. The summed E-state index contributed by atoms with van der Waals surface area (Å²) in [6.45, 7) is 0. The zero-order valence-electron chi connectivity index (χ0n) is 10.5. The molecule has 2 unspecified atom stereocenters. The third-order valence-electron chi connectivity index (χ3n) is 4.18. The van der Waals surface area contributed by atoms with Gasteiger partial charge in [-0.05, 0) is 37.8 Å². The number of rotatable bonds is 2. The lowest BCUT2D eigenvalue weighted by molar-refractivity contribution is -0.384. The molecule has 0 amide bonds. The fourth-order valence-electron chi connectivity index (χ4n) is 3.47. The number of piperidine rings is 1. The summed E-state index contributed by atoms with van der Waals surface area (Å²) < 4.78 is 0.740. The Bertz CT molecular complexity index is 509. The van der Waals surface area contributed by atoms with E-state index in [1.165, 1.54) is 0 Å². The summed E-state index contributed by atoms with van der Waals surface area (Å²) in [6.07, 6.45) is 4.05. The highest BCUT2D eigenvalue weighted by molar-refractivity contribution is 9.10. The standard InChI is InChI=1S/C13H16BrN3O2/c14-8-1-4-12(13(5-8)17(18)19)16-10-2-3-11(16)7-9(15)6-10/h1,4-5,9-11H,2-3,6-7,15H2. The second-order valence-electron chi connectivity index (χ2n) is 5.41. The van der Waals surface area contributed by atoms with E-state index in [1.54, 1.807) is 6.07 Å². The first-order valence-electron chi connectivity index (χ1n) is 6.54. The lowest BCUT2D eigenvalue weighted by Gasteiger charge is -2.39.